The molecule has 5 aliphatic heterocycles. The minimum atomic E-state index is -4.34. The molecule has 0 fully saturated rings. The quantitative estimate of drug-likeness (QED) is 0.214. The average molecular weight is 649 g/mol. The van der Waals surface area contributed by atoms with Gasteiger partial charge < -0.3 is 24.2 Å². The van der Waals surface area contributed by atoms with Gasteiger partial charge in [-0.3, -0.25) is 9.35 Å². The molecule has 0 spiro atoms. The molecule has 6 heterocycles. The van der Waals surface area contributed by atoms with E-state index in [0.29, 0.717) is 19.6 Å². The Hall–Kier alpha value is -3.87. The van der Waals surface area contributed by atoms with Gasteiger partial charge in [-0.15, -0.1) is 0 Å². The van der Waals surface area contributed by atoms with Crippen LogP contribution in [0.2, 0.25) is 0 Å². The Balaban J connectivity index is 1.27. The summed E-state index contributed by atoms with van der Waals surface area (Å²) in [6.07, 6.45) is 6.24. The van der Waals surface area contributed by atoms with Crippen molar-refractivity contribution in [1.82, 2.24) is 4.57 Å². The van der Waals surface area contributed by atoms with Gasteiger partial charge in [-0.1, -0.05) is 13.8 Å². The molecule has 0 saturated heterocycles. The van der Waals surface area contributed by atoms with Gasteiger partial charge in [0, 0.05) is 53.9 Å². The normalized spacial score (nSPS) is 22.5. The number of hydrogen-bond donors (Lipinski definition) is 2. The molecular formula is C34H38N3O8S+. The lowest BCUT2D eigenvalue weighted by atomic mass is 9.78. The predicted molar refractivity (Wildman–Crippen MR) is 169 cm³/mol. The van der Waals surface area contributed by atoms with Crippen molar-refractivity contribution < 1.29 is 41.6 Å². The molecule has 3 aromatic rings. The van der Waals surface area contributed by atoms with Crippen LogP contribution in [0, 0.1) is 0 Å². The monoisotopic (exact) mass is 648 g/mol. The fourth-order valence-electron chi connectivity index (χ4n) is 8.17. The summed E-state index contributed by atoms with van der Waals surface area (Å²) in [4.78, 5) is 13.3. The second-order valence-corrected chi connectivity index (χ2v) is 14.8. The Morgan fingerprint density at radius 3 is 2.59 bits per heavy atom. The molecule has 0 aliphatic carbocycles. The zero-order valence-electron chi connectivity index (χ0n) is 26.0. The van der Waals surface area contributed by atoms with Gasteiger partial charge in [0.05, 0.1) is 35.8 Å². The SMILES string of the molecule is CC1(C)C2=C3C=C4c5n(CCCCCC(=O)O)c6cc7c(cc6[n+]5CCC4OC3CCN2c2ccc(S(=O)(=O)O)cc21)OCCO7. The smallest absolute Gasteiger partial charge is 0.303 e. The Kier molecular flexibility index (Phi) is 6.79. The van der Waals surface area contributed by atoms with E-state index in [-0.39, 0.29) is 23.5 Å². The van der Waals surface area contributed by atoms with E-state index in [1.165, 1.54) is 6.07 Å². The summed E-state index contributed by atoms with van der Waals surface area (Å²) in [6, 6.07) is 9.03. The molecule has 2 atom stereocenters. The lowest BCUT2D eigenvalue weighted by molar-refractivity contribution is -0.679. The van der Waals surface area contributed by atoms with Gasteiger partial charge in [-0.05, 0) is 55.5 Å². The minimum Gasteiger partial charge on any atom is -0.486 e. The molecular weight excluding hydrogens is 610 g/mol. The zero-order chi connectivity index (χ0) is 32.0. The third-order valence-corrected chi connectivity index (χ3v) is 11.0. The number of rotatable bonds is 7. The number of carboxylic acid groups (broad SMARTS) is 1. The highest BCUT2D eigenvalue weighted by Gasteiger charge is 2.49. The number of hydrogen-bond acceptors (Lipinski definition) is 7. The molecule has 2 N–H and O–H groups in total. The van der Waals surface area contributed by atoms with Gasteiger partial charge in [0.1, 0.15) is 13.2 Å². The van der Waals surface area contributed by atoms with E-state index in [1.807, 2.05) is 0 Å². The summed E-state index contributed by atoms with van der Waals surface area (Å²) in [5, 5.41) is 9.14. The number of aromatic nitrogens is 2. The second-order valence-electron chi connectivity index (χ2n) is 13.3. The first-order chi connectivity index (χ1) is 22.0. The first kappa shape index (κ1) is 29.5. The molecule has 0 amide bonds. The molecule has 0 saturated carbocycles. The Morgan fingerprint density at radius 2 is 1.83 bits per heavy atom. The van der Waals surface area contributed by atoms with Crippen molar-refractivity contribution in [3.63, 3.8) is 0 Å². The van der Waals surface area contributed by atoms with Crippen molar-refractivity contribution in [1.29, 1.82) is 0 Å². The van der Waals surface area contributed by atoms with Gasteiger partial charge in [-0.2, -0.15) is 8.42 Å². The van der Waals surface area contributed by atoms with E-state index < -0.39 is 21.5 Å². The summed E-state index contributed by atoms with van der Waals surface area (Å²) in [5.41, 5.74) is 6.74. The van der Waals surface area contributed by atoms with Crippen LogP contribution in [0.3, 0.4) is 0 Å². The maximum absolute atomic E-state index is 12.0. The Labute approximate surface area is 267 Å². The molecule has 1 aromatic heterocycles. The number of fused-ring (bicyclic) bond motifs is 10. The summed E-state index contributed by atoms with van der Waals surface area (Å²) in [6.45, 7) is 7.49. The van der Waals surface area contributed by atoms with Gasteiger partial charge in [-0.25, -0.2) is 9.13 Å². The van der Waals surface area contributed by atoms with Crippen LogP contribution in [0.5, 0.6) is 11.5 Å². The molecule has 11 nitrogen and oxygen atoms in total. The molecule has 0 bridgehead atoms. The van der Waals surface area contributed by atoms with E-state index in [0.717, 1.165) is 102 Å². The maximum atomic E-state index is 12.0. The topological polar surface area (TPSA) is 131 Å². The number of anilines is 1. The van der Waals surface area contributed by atoms with Gasteiger partial charge in [0.25, 0.3) is 15.9 Å². The number of aryl methyl sites for hydroxylation is 2. The fraction of sp³-hybridized carbons (Fsp3) is 0.471. The molecule has 46 heavy (non-hydrogen) atoms. The maximum Gasteiger partial charge on any atom is 0.303 e. The van der Waals surface area contributed by atoms with Crippen LogP contribution in [-0.4, -0.2) is 60.6 Å². The number of allylic oxidation sites excluding steroid dienone is 1. The highest BCUT2D eigenvalue weighted by molar-refractivity contribution is 7.85. The number of aliphatic carboxylic acids is 1. The van der Waals surface area contributed by atoms with E-state index in [9.17, 15) is 17.8 Å². The van der Waals surface area contributed by atoms with Crippen LogP contribution in [0.15, 0.2) is 52.6 Å². The minimum absolute atomic E-state index is 0.0730. The molecule has 2 unspecified atom stereocenters. The van der Waals surface area contributed by atoms with Gasteiger partial charge >= 0.3 is 5.97 Å². The van der Waals surface area contributed by atoms with Crippen LogP contribution >= 0.6 is 0 Å². The van der Waals surface area contributed by atoms with Crippen molar-refractivity contribution in [3.05, 3.63) is 59.1 Å². The lowest BCUT2D eigenvalue weighted by Gasteiger charge is -2.42. The molecule has 242 valence electrons. The molecule has 2 aromatic carbocycles. The largest absolute Gasteiger partial charge is 0.486 e. The molecule has 5 aliphatic rings. The lowest BCUT2D eigenvalue weighted by Crippen LogP contribution is -2.49. The van der Waals surface area contributed by atoms with E-state index >= 15 is 0 Å². The number of imidazole rings is 1. The Bertz CT molecular complexity index is 1980. The van der Waals surface area contributed by atoms with E-state index in [2.05, 4.69) is 46.1 Å². The summed E-state index contributed by atoms with van der Waals surface area (Å²) >= 11 is 0. The van der Waals surface area contributed by atoms with Crippen molar-refractivity contribution >= 4 is 38.4 Å². The summed E-state index contributed by atoms with van der Waals surface area (Å²) in [5.74, 6) is 1.78. The fourth-order valence-corrected chi connectivity index (χ4v) is 8.68. The highest BCUT2D eigenvalue weighted by atomic mass is 32.2. The van der Waals surface area contributed by atoms with Crippen molar-refractivity contribution in [3.8, 4) is 11.5 Å². The van der Waals surface area contributed by atoms with Crippen LogP contribution in [-0.2, 0) is 38.2 Å². The van der Waals surface area contributed by atoms with Gasteiger partial charge in [0.15, 0.2) is 22.5 Å². The highest BCUT2D eigenvalue weighted by Crippen LogP contribution is 2.53. The summed E-state index contributed by atoms with van der Waals surface area (Å²) < 4.78 is 57.5. The number of carboxylic acids is 1. The van der Waals surface area contributed by atoms with Crippen LogP contribution in [0.4, 0.5) is 5.69 Å². The van der Waals surface area contributed by atoms with E-state index in [1.54, 1.807) is 12.1 Å². The molecule has 8 rings (SSSR count). The standard InChI is InChI=1S/C34H37N3O8S/c1-34(2)23-16-20(46(40,41)42)7-8-24(23)35-12-9-27-21(32(34)35)17-22-28(45-27)10-13-37-26-19-30-29(43-14-15-44-30)18-25(26)36(33(22)37)11-5-3-4-6-31(38)39/h7-8,16-19,27-28H,3-6,9-15H2,1-2H3,(H-,38,39,40,41,42)/p+1. The van der Waals surface area contributed by atoms with Crippen molar-refractivity contribution in [2.45, 2.75) is 88.0 Å². The van der Waals surface area contributed by atoms with E-state index in [4.69, 9.17) is 19.3 Å². The third kappa shape index (κ3) is 4.56. The number of ether oxygens (including phenoxy) is 3. The predicted octanol–water partition coefficient (Wildman–Crippen LogP) is 4.60. The third-order valence-electron chi connectivity index (χ3n) is 10.2. The second kappa shape index (κ2) is 10.6. The van der Waals surface area contributed by atoms with Crippen LogP contribution < -0.4 is 18.9 Å². The average Bonchev–Trinajstić information content (AvgIpc) is 3.45. The zero-order valence-corrected chi connectivity index (χ0v) is 26.8. The number of nitrogens with zero attached hydrogens (tertiary/aromatic N) is 3. The van der Waals surface area contributed by atoms with Crippen LogP contribution in [0.25, 0.3) is 16.6 Å². The molecule has 12 heteroatoms. The van der Waals surface area contributed by atoms with Crippen LogP contribution in [0.1, 0.15) is 63.8 Å². The number of benzene rings is 2. The summed E-state index contributed by atoms with van der Waals surface area (Å²) in [7, 11) is -4.34. The van der Waals surface area contributed by atoms with Gasteiger partial charge in [0.2, 0.25) is 0 Å². The first-order valence-corrected chi connectivity index (χ1v) is 17.6. The first-order valence-electron chi connectivity index (χ1n) is 16.1. The number of unbranched alkanes of at least 4 members (excludes halogenated alkanes) is 2. The Morgan fingerprint density at radius 1 is 1.04 bits per heavy atom. The van der Waals surface area contributed by atoms with Crippen molar-refractivity contribution in [2.24, 2.45) is 0 Å². The van der Waals surface area contributed by atoms with Crippen molar-refractivity contribution in [2.75, 3.05) is 24.7 Å². The molecule has 0 radical (unpaired) electrons. The number of carbonyl (C=O) groups is 1.